The molecule has 2 aromatic heterocycles. The van der Waals surface area contributed by atoms with Crippen LogP contribution in [-0.4, -0.2) is 28.0 Å². The summed E-state index contributed by atoms with van der Waals surface area (Å²) in [5.41, 5.74) is 0.375. The van der Waals surface area contributed by atoms with Gasteiger partial charge in [0.25, 0.3) is 5.91 Å². The van der Waals surface area contributed by atoms with Gasteiger partial charge in [-0.25, -0.2) is 4.98 Å². The number of amides is 1. The Labute approximate surface area is 133 Å². The fraction of sp³-hybridized carbons (Fsp3) is 0.375. The molecule has 7 nitrogen and oxygen atoms in total. The molecule has 0 unspecified atom stereocenters. The molecule has 0 radical (unpaired) electrons. The molecule has 0 aliphatic heterocycles. The second kappa shape index (κ2) is 7.04. The van der Waals surface area contributed by atoms with Gasteiger partial charge in [-0.1, -0.05) is 0 Å². The molecule has 0 bridgehead atoms. The van der Waals surface area contributed by atoms with Crippen molar-refractivity contribution in [1.29, 1.82) is 0 Å². The Morgan fingerprint density at radius 1 is 1.30 bits per heavy atom. The second-order valence-corrected chi connectivity index (χ2v) is 5.56. The molecule has 7 heteroatoms. The predicted molar refractivity (Wildman–Crippen MR) is 81.6 cm³/mol. The van der Waals surface area contributed by atoms with Crippen LogP contribution in [-0.2, 0) is 0 Å². The van der Waals surface area contributed by atoms with Crippen LogP contribution in [0.25, 0.3) is 0 Å². The van der Waals surface area contributed by atoms with Gasteiger partial charge in [-0.15, -0.1) is 0 Å². The highest BCUT2D eigenvalue weighted by molar-refractivity contribution is 5.93. The summed E-state index contributed by atoms with van der Waals surface area (Å²) >= 11 is 0. The highest BCUT2D eigenvalue weighted by atomic mass is 16.5. The number of hydrogen-bond acceptors (Lipinski definition) is 5. The van der Waals surface area contributed by atoms with Gasteiger partial charge in [-0.3, -0.25) is 9.78 Å². The number of nitrogens with zero attached hydrogens (tertiary/aromatic N) is 3. The van der Waals surface area contributed by atoms with Crippen LogP contribution in [0.1, 0.15) is 36.0 Å². The third-order valence-corrected chi connectivity index (χ3v) is 3.87. The van der Waals surface area contributed by atoms with Crippen molar-refractivity contribution in [2.75, 3.05) is 0 Å². The maximum absolute atomic E-state index is 12.1. The first kappa shape index (κ1) is 15.2. The zero-order chi connectivity index (χ0) is 16.1. The van der Waals surface area contributed by atoms with E-state index in [9.17, 15) is 10.0 Å². The molecule has 0 saturated heterocycles. The Kier molecular flexibility index (Phi) is 4.65. The lowest BCUT2D eigenvalue weighted by Gasteiger charge is -2.29. The Bertz CT molecular complexity index is 657. The molecule has 1 aliphatic rings. The number of nitrogens with one attached hydrogen (secondary N) is 1. The molecule has 1 saturated carbocycles. The molecule has 0 aromatic carbocycles. The lowest BCUT2D eigenvalue weighted by molar-refractivity contribution is -0.605. The number of pyridine rings is 1. The summed E-state index contributed by atoms with van der Waals surface area (Å²) in [6.07, 6.45) is 10.9. The van der Waals surface area contributed by atoms with E-state index in [1.807, 2.05) is 0 Å². The van der Waals surface area contributed by atoms with Crippen molar-refractivity contribution in [1.82, 2.24) is 15.3 Å². The van der Waals surface area contributed by atoms with E-state index in [0.29, 0.717) is 16.2 Å². The number of rotatable bonds is 4. The maximum atomic E-state index is 12.1. The Balaban J connectivity index is 1.48. The van der Waals surface area contributed by atoms with E-state index < -0.39 is 0 Å². The molecule has 1 N–H and O–H groups in total. The number of hydrogen-bond donors (Lipinski definition) is 1. The van der Waals surface area contributed by atoms with Crippen LogP contribution in [0.2, 0.25) is 0 Å². The van der Waals surface area contributed by atoms with Gasteiger partial charge in [0.15, 0.2) is 12.4 Å². The van der Waals surface area contributed by atoms with E-state index in [0.717, 1.165) is 25.7 Å². The largest absolute Gasteiger partial charge is 0.619 e. The van der Waals surface area contributed by atoms with Gasteiger partial charge >= 0.3 is 0 Å². The van der Waals surface area contributed by atoms with Crippen LogP contribution < -0.4 is 14.8 Å². The monoisotopic (exact) mass is 314 g/mol. The fourth-order valence-corrected chi connectivity index (χ4v) is 2.70. The van der Waals surface area contributed by atoms with E-state index in [4.69, 9.17) is 4.74 Å². The first-order valence-electron chi connectivity index (χ1n) is 7.63. The third-order valence-electron chi connectivity index (χ3n) is 3.87. The molecule has 2 heterocycles. The molecule has 0 atom stereocenters. The molecule has 1 fully saturated rings. The van der Waals surface area contributed by atoms with Gasteiger partial charge in [0.2, 0.25) is 5.88 Å². The van der Waals surface area contributed by atoms with Crippen molar-refractivity contribution < 1.29 is 14.3 Å². The van der Waals surface area contributed by atoms with E-state index in [1.54, 1.807) is 30.7 Å². The summed E-state index contributed by atoms with van der Waals surface area (Å²) < 4.78 is 6.40. The van der Waals surface area contributed by atoms with Crippen LogP contribution in [0.3, 0.4) is 0 Å². The van der Waals surface area contributed by atoms with Gasteiger partial charge < -0.3 is 15.3 Å². The van der Waals surface area contributed by atoms with Crippen molar-refractivity contribution in [3.63, 3.8) is 0 Å². The molecule has 1 aliphatic carbocycles. The third kappa shape index (κ3) is 4.15. The lowest BCUT2D eigenvalue weighted by atomic mass is 9.93. The highest BCUT2D eigenvalue weighted by Crippen LogP contribution is 2.22. The average Bonchev–Trinajstić information content (AvgIpc) is 2.57. The van der Waals surface area contributed by atoms with E-state index in [2.05, 4.69) is 15.3 Å². The standard InChI is InChI=1S/C16H18N4O3/c21-16(12-2-1-9-20(22)11-12)19-13-3-5-14(6-4-13)23-15-10-17-7-8-18-15/h1-2,7-11,13-14H,3-6H2,(H,19,21). The van der Waals surface area contributed by atoms with Crippen LogP contribution >= 0.6 is 0 Å². The summed E-state index contributed by atoms with van der Waals surface area (Å²) in [5.74, 6) is 0.317. The fourth-order valence-electron chi connectivity index (χ4n) is 2.70. The number of ether oxygens (including phenoxy) is 1. The second-order valence-electron chi connectivity index (χ2n) is 5.56. The van der Waals surface area contributed by atoms with E-state index in [1.165, 1.54) is 12.4 Å². The molecule has 23 heavy (non-hydrogen) atoms. The summed E-state index contributed by atoms with van der Waals surface area (Å²) in [6.45, 7) is 0. The molecular weight excluding hydrogens is 296 g/mol. The minimum Gasteiger partial charge on any atom is -0.619 e. The van der Waals surface area contributed by atoms with Crippen molar-refractivity contribution in [3.05, 3.63) is 53.9 Å². The van der Waals surface area contributed by atoms with Crippen LogP contribution in [0.15, 0.2) is 43.1 Å². The highest BCUT2D eigenvalue weighted by Gasteiger charge is 2.24. The molecule has 0 spiro atoms. The molecule has 1 amide bonds. The summed E-state index contributed by atoms with van der Waals surface area (Å²) in [5, 5.41) is 14.2. The molecular formula is C16H18N4O3. The first-order valence-corrected chi connectivity index (χ1v) is 7.63. The van der Waals surface area contributed by atoms with Crippen LogP contribution in [0.4, 0.5) is 0 Å². The Morgan fingerprint density at radius 3 is 2.83 bits per heavy atom. The van der Waals surface area contributed by atoms with Gasteiger partial charge in [-0.05, 0) is 31.7 Å². The van der Waals surface area contributed by atoms with Gasteiger partial charge in [0, 0.05) is 24.5 Å². The number of carbonyl (C=O) groups is 1. The van der Waals surface area contributed by atoms with Gasteiger partial charge in [-0.2, -0.15) is 4.73 Å². The Hall–Kier alpha value is -2.70. The van der Waals surface area contributed by atoms with E-state index in [-0.39, 0.29) is 18.1 Å². The number of aromatic nitrogens is 3. The first-order chi connectivity index (χ1) is 11.2. The summed E-state index contributed by atoms with van der Waals surface area (Å²) in [7, 11) is 0. The minimum absolute atomic E-state index is 0.0976. The zero-order valence-electron chi connectivity index (χ0n) is 12.6. The predicted octanol–water partition coefficient (Wildman–Crippen LogP) is 1.23. The topological polar surface area (TPSA) is 91.0 Å². The number of carbonyl (C=O) groups excluding carboxylic acids is 1. The van der Waals surface area contributed by atoms with Crippen LogP contribution in [0.5, 0.6) is 5.88 Å². The average molecular weight is 314 g/mol. The Morgan fingerprint density at radius 2 is 2.13 bits per heavy atom. The van der Waals surface area contributed by atoms with Crippen molar-refractivity contribution in [2.24, 2.45) is 0 Å². The van der Waals surface area contributed by atoms with E-state index >= 15 is 0 Å². The van der Waals surface area contributed by atoms with Gasteiger partial charge in [0.05, 0.1) is 6.20 Å². The summed E-state index contributed by atoms with van der Waals surface area (Å²) in [4.78, 5) is 20.2. The minimum atomic E-state index is -0.214. The molecule has 3 rings (SSSR count). The normalized spacial score (nSPS) is 20.7. The molecule has 2 aromatic rings. The SMILES string of the molecule is O=C(NC1CCC(Oc2cnccn2)CC1)c1ccc[n+]([O-])c1. The zero-order valence-corrected chi connectivity index (χ0v) is 12.6. The van der Waals surface area contributed by atoms with Gasteiger partial charge in [0.1, 0.15) is 11.7 Å². The van der Waals surface area contributed by atoms with Crippen molar-refractivity contribution in [2.45, 2.75) is 37.8 Å². The quantitative estimate of drug-likeness (QED) is 0.677. The lowest BCUT2D eigenvalue weighted by Crippen LogP contribution is -2.40. The maximum Gasteiger partial charge on any atom is 0.257 e. The summed E-state index contributed by atoms with van der Waals surface area (Å²) in [6, 6.07) is 3.30. The van der Waals surface area contributed by atoms with Crippen LogP contribution in [0, 0.1) is 5.21 Å². The molecule has 120 valence electrons. The van der Waals surface area contributed by atoms with Crippen molar-refractivity contribution >= 4 is 5.91 Å². The smallest absolute Gasteiger partial charge is 0.257 e. The van der Waals surface area contributed by atoms with Crippen molar-refractivity contribution in [3.8, 4) is 5.88 Å².